The Balaban J connectivity index is 4.31. The van der Waals surface area contributed by atoms with Crippen molar-refractivity contribution in [2.24, 2.45) is 11.8 Å². The number of unbranched alkanes of at least 4 members (excludes halogenated alkanes) is 29. The molecule has 0 radical (unpaired) electrons. The molecule has 6 heteroatoms. The van der Waals surface area contributed by atoms with Gasteiger partial charge in [0.1, 0.15) is 13.2 Å². The van der Waals surface area contributed by atoms with Gasteiger partial charge in [0.05, 0.1) is 0 Å². The molecule has 0 amide bonds. The van der Waals surface area contributed by atoms with Crippen molar-refractivity contribution in [3.8, 4) is 0 Å². The van der Waals surface area contributed by atoms with E-state index in [0.29, 0.717) is 19.3 Å². The first-order valence-electron chi connectivity index (χ1n) is 24.7. The van der Waals surface area contributed by atoms with Gasteiger partial charge in [-0.15, -0.1) is 0 Å². The Morgan fingerprint density at radius 3 is 0.875 bits per heavy atom. The lowest BCUT2D eigenvalue weighted by atomic mass is 10.0. The number of hydrogen-bond donors (Lipinski definition) is 0. The first-order chi connectivity index (χ1) is 27.2. The van der Waals surface area contributed by atoms with E-state index in [-0.39, 0.29) is 31.1 Å². The van der Waals surface area contributed by atoms with E-state index in [2.05, 4.69) is 34.6 Å². The summed E-state index contributed by atoms with van der Waals surface area (Å²) in [5.74, 6) is 0.752. The second-order valence-corrected chi connectivity index (χ2v) is 18.1. The Kier molecular flexibility index (Phi) is 41.8. The Labute approximate surface area is 348 Å². The van der Waals surface area contributed by atoms with Crippen molar-refractivity contribution in [2.75, 3.05) is 13.2 Å². The summed E-state index contributed by atoms with van der Waals surface area (Å²) in [6, 6.07) is 0. The highest BCUT2D eigenvalue weighted by molar-refractivity contribution is 5.71. The van der Waals surface area contributed by atoms with E-state index in [1.165, 1.54) is 161 Å². The van der Waals surface area contributed by atoms with Gasteiger partial charge in [0.25, 0.3) is 0 Å². The van der Waals surface area contributed by atoms with Crippen LogP contribution in [0, 0.1) is 11.8 Å². The molecular formula is C50H96O6. The minimum atomic E-state index is -0.761. The van der Waals surface area contributed by atoms with Crippen LogP contribution in [-0.2, 0) is 28.6 Å². The molecule has 56 heavy (non-hydrogen) atoms. The van der Waals surface area contributed by atoms with Gasteiger partial charge in [-0.2, -0.15) is 0 Å². The third kappa shape index (κ3) is 43.5. The molecule has 0 aromatic rings. The van der Waals surface area contributed by atoms with Gasteiger partial charge < -0.3 is 14.2 Å². The van der Waals surface area contributed by atoms with Crippen LogP contribution in [0.15, 0.2) is 0 Å². The third-order valence-electron chi connectivity index (χ3n) is 11.2. The zero-order chi connectivity index (χ0) is 41.2. The van der Waals surface area contributed by atoms with Crippen molar-refractivity contribution in [3.05, 3.63) is 0 Å². The van der Waals surface area contributed by atoms with Crippen LogP contribution >= 0.6 is 0 Å². The van der Waals surface area contributed by atoms with Gasteiger partial charge in [0.15, 0.2) is 6.10 Å². The van der Waals surface area contributed by atoms with Crippen LogP contribution in [0.1, 0.15) is 272 Å². The van der Waals surface area contributed by atoms with Gasteiger partial charge in [-0.05, 0) is 31.1 Å². The van der Waals surface area contributed by atoms with Crippen molar-refractivity contribution in [2.45, 2.75) is 278 Å². The lowest BCUT2D eigenvalue weighted by Crippen LogP contribution is -2.30. The van der Waals surface area contributed by atoms with Crippen LogP contribution in [0.4, 0.5) is 0 Å². The highest BCUT2D eigenvalue weighted by Gasteiger charge is 2.19. The predicted octanol–water partition coefficient (Wildman–Crippen LogP) is 15.8. The van der Waals surface area contributed by atoms with Crippen LogP contribution in [-0.4, -0.2) is 37.2 Å². The third-order valence-corrected chi connectivity index (χ3v) is 11.2. The van der Waals surface area contributed by atoms with Crippen molar-refractivity contribution in [1.29, 1.82) is 0 Å². The van der Waals surface area contributed by atoms with Gasteiger partial charge in [-0.3, -0.25) is 14.4 Å². The quantitative estimate of drug-likeness (QED) is 0.0347. The standard InChI is InChI=1S/C50H96O6/c1-6-7-8-9-10-11-12-13-14-17-20-25-30-35-40-48(51)54-43-47(44-55-49(52)41-36-31-27-22-24-29-34-39-46(4)5)56-50(53)42-37-32-26-21-18-15-16-19-23-28-33-38-45(2)3/h45-47H,6-44H2,1-5H3/t47-/m1/s1. The molecule has 0 heterocycles. The highest BCUT2D eigenvalue weighted by atomic mass is 16.6. The second kappa shape index (κ2) is 43.0. The van der Waals surface area contributed by atoms with Gasteiger partial charge in [-0.1, -0.05) is 234 Å². The molecule has 0 saturated carbocycles. The smallest absolute Gasteiger partial charge is 0.306 e. The molecule has 0 bridgehead atoms. The minimum Gasteiger partial charge on any atom is -0.462 e. The average molecular weight is 793 g/mol. The summed E-state index contributed by atoms with van der Waals surface area (Å²) in [6.07, 6.45) is 42.4. The van der Waals surface area contributed by atoms with Crippen LogP contribution in [0.2, 0.25) is 0 Å². The molecule has 0 saturated heterocycles. The maximum Gasteiger partial charge on any atom is 0.306 e. The van der Waals surface area contributed by atoms with Gasteiger partial charge in [0, 0.05) is 19.3 Å². The Morgan fingerprint density at radius 1 is 0.339 bits per heavy atom. The summed E-state index contributed by atoms with van der Waals surface area (Å²) in [4.78, 5) is 37.8. The molecule has 332 valence electrons. The number of carbonyl (C=O) groups is 3. The number of ether oxygens (including phenoxy) is 3. The maximum atomic E-state index is 12.7. The molecule has 0 fully saturated rings. The molecule has 0 rings (SSSR count). The summed E-state index contributed by atoms with van der Waals surface area (Å²) in [7, 11) is 0. The maximum absolute atomic E-state index is 12.7. The summed E-state index contributed by atoms with van der Waals surface area (Å²) in [6.45, 7) is 11.3. The van der Waals surface area contributed by atoms with Crippen molar-refractivity contribution in [1.82, 2.24) is 0 Å². The summed E-state index contributed by atoms with van der Waals surface area (Å²) in [5.41, 5.74) is 0. The molecule has 0 aliphatic heterocycles. The van der Waals surface area contributed by atoms with E-state index in [1.54, 1.807) is 0 Å². The number of esters is 3. The number of hydrogen-bond acceptors (Lipinski definition) is 6. The average Bonchev–Trinajstić information content (AvgIpc) is 3.16. The SMILES string of the molecule is CCCCCCCCCCCCCCCCC(=O)OC[C@H](COC(=O)CCCCCCCCCC(C)C)OC(=O)CCCCCCCCCCCCCC(C)C. The fourth-order valence-corrected chi connectivity index (χ4v) is 7.46. The van der Waals surface area contributed by atoms with Gasteiger partial charge in [-0.25, -0.2) is 0 Å². The monoisotopic (exact) mass is 793 g/mol. The van der Waals surface area contributed by atoms with E-state index in [4.69, 9.17) is 14.2 Å². The highest BCUT2D eigenvalue weighted by Crippen LogP contribution is 2.17. The number of carbonyl (C=O) groups excluding carboxylic acids is 3. The van der Waals surface area contributed by atoms with Crippen molar-refractivity contribution >= 4 is 17.9 Å². The van der Waals surface area contributed by atoms with Gasteiger partial charge >= 0.3 is 17.9 Å². The minimum absolute atomic E-state index is 0.0645. The summed E-state index contributed by atoms with van der Waals surface area (Å²) >= 11 is 0. The summed E-state index contributed by atoms with van der Waals surface area (Å²) in [5, 5.41) is 0. The van der Waals surface area contributed by atoms with E-state index in [9.17, 15) is 14.4 Å². The fraction of sp³-hybridized carbons (Fsp3) is 0.940. The lowest BCUT2D eigenvalue weighted by molar-refractivity contribution is -0.167. The molecule has 0 N–H and O–H groups in total. The Morgan fingerprint density at radius 2 is 0.589 bits per heavy atom. The summed E-state index contributed by atoms with van der Waals surface area (Å²) < 4.78 is 16.8. The topological polar surface area (TPSA) is 78.9 Å². The predicted molar refractivity (Wildman–Crippen MR) is 238 cm³/mol. The van der Waals surface area contributed by atoms with E-state index in [0.717, 1.165) is 69.6 Å². The van der Waals surface area contributed by atoms with E-state index < -0.39 is 6.10 Å². The molecule has 0 aliphatic carbocycles. The molecule has 6 nitrogen and oxygen atoms in total. The second-order valence-electron chi connectivity index (χ2n) is 18.1. The van der Waals surface area contributed by atoms with Crippen LogP contribution in [0.5, 0.6) is 0 Å². The van der Waals surface area contributed by atoms with Crippen LogP contribution < -0.4 is 0 Å². The van der Waals surface area contributed by atoms with E-state index in [1.807, 2.05) is 0 Å². The largest absolute Gasteiger partial charge is 0.462 e. The molecule has 0 unspecified atom stereocenters. The molecule has 1 atom stereocenters. The van der Waals surface area contributed by atoms with E-state index >= 15 is 0 Å². The zero-order valence-corrected chi connectivity index (χ0v) is 38.3. The number of rotatable bonds is 44. The molecule has 0 aromatic carbocycles. The molecule has 0 aromatic heterocycles. The zero-order valence-electron chi connectivity index (χ0n) is 38.3. The normalized spacial score (nSPS) is 12.1. The first-order valence-corrected chi connectivity index (χ1v) is 24.7. The molecular weight excluding hydrogens is 697 g/mol. The van der Waals surface area contributed by atoms with Crippen molar-refractivity contribution in [3.63, 3.8) is 0 Å². The Hall–Kier alpha value is -1.59. The fourth-order valence-electron chi connectivity index (χ4n) is 7.46. The first kappa shape index (κ1) is 54.4. The van der Waals surface area contributed by atoms with Crippen LogP contribution in [0.25, 0.3) is 0 Å². The van der Waals surface area contributed by atoms with Crippen LogP contribution in [0.3, 0.4) is 0 Å². The molecule has 0 aliphatic rings. The Bertz CT molecular complexity index is 854. The van der Waals surface area contributed by atoms with Crippen molar-refractivity contribution < 1.29 is 28.6 Å². The lowest BCUT2D eigenvalue weighted by Gasteiger charge is -2.18. The molecule has 0 spiro atoms. The van der Waals surface area contributed by atoms with Gasteiger partial charge in [0.2, 0.25) is 0 Å².